The van der Waals surface area contributed by atoms with Gasteiger partial charge in [0.15, 0.2) is 0 Å². The van der Waals surface area contributed by atoms with E-state index in [1.165, 1.54) is 16.7 Å². The molecule has 0 aromatic heterocycles. The molecule has 5 heteroatoms. The third kappa shape index (κ3) is 7.20. The van der Waals surface area contributed by atoms with Crippen LogP contribution in [0.2, 0.25) is 0 Å². The third-order valence-corrected chi connectivity index (χ3v) is 6.31. The summed E-state index contributed by atoms with van der Waals surface area (Å²) in [5.41, 5.74) is 4.02. The molecule has 1 amide bonds. The van der Waals surface area contributed by atoms with E-state index in [9.17, 15) is 9.59 Å². The molecule has 2 atom stereocenters. The van der Waals surface area contributed by atoms with Crippen LogP contribution in [0, 0.1) is 5.92 Å². The summed E-state index contributed by atoms with van der Waals surface area (Å²) in [7, 11) is 0. The molecule has 1 fully saturated rings. The Morgan fingerprint density at radius 2 is 1.36 bits per heavy atom. The molecule has 0 spiro atoms. The summed E-state index contributed by atoms with van der Waals surface area (Å²) in [5.74, 6) is -0.239. The van der Waals surface area contributed by atoms with E-state index in [2.05, 4.69) is 48.5 Å². The van der Waals surface area contributed by atoms with Crippen molar-refractivity contribution in [3.05, 3.63) is 107 Å². The molecule has 3 aromatic carbocycles. The molecule has 3 aromatic rings. The Bertz CT molecular complexity index is 1140. The lowest BCUT2D eigenvalue weighted by Crippen LogP contribution is -2.44. The highest BCUT2D eigenvalue weighted by Crippen LogP contribution is 2.29. The maximum Gasteiger partial charge on any atom is 0.411 e. The van der Waals surface area contributed by atoms with E-state index >= 15 is 0 Å². The highest BCUT2D eigenvalue weighted by atomic mass is 16.6. The van der Waals surface area contributed by atoms with Crippen molar-refractivity contribution >= 4 is 12.1 Å². The maximum absolute atomic E-state index is 13.0. The van der Waals surface area contributed by atoms with Gasteiger partial charge in [0.1, 0.15) is 18.2 Å². The van der Waals surface area contributed by atoms with Crippen molar-refractivity contribution in [2.45, 2.75) is 58.3 Å². The van der Waals surface area contributed by atoms with E-state index in [4.69, 9.17) is 9.47 Å². The van der Waals surface area contributed by atoms with Crippen molar-refractivity contribution in [1.82, 2.24) is 4.90 Å². The number of benzene rings is 3. The van der Waals surface area contributed by atoms with Gasteiger partial charge in [0.05, 0.1) is 0 Å². The Balaban J connectivity index is 1.41. The molecule has 4 rings (SSSR count). The van der Waals surface area contributed by atoms with Gasteiger partial charge in [0, 0.05) is 6.54 Å². The van der Waals surface area contributed by atoms with Crippen LogP contribution < -0.4 is 0 Å². The number of ether oxygens (including phenoxy) is 2. The Morgan fingerprint density at radius 1 is 0.806 bits per heavy atom. The van der Waals surface area contributed by atoms with Crippen LogP contribution in [0.1, 0.15) is 49.4 Å². The summed E-state index contributed by atoms with van der Waals surface area (Å²) >= 11 is 0. The highest BCUT2D eigenvalue weighted by Gasteiger charge is 2.42. The zero-order valence-corrected chi connectivity index (χ0v) is 21.4. The average molecular weight is 486 g/mol. The largest absolute Gasteiger partial charge is 0.459 e. The van der Waals surface area contributed by atoms with Crippen molar-refractivity contribution in [1.29, 1.82) is 0 Å². The van der Waals surface area contributed by atoms with Crippen LogP contribution in [0.4, 0.5) is 4.79 Å². The molecule has 0 N–H and O–H groups in total. The molecule has 1 saturated heterocycles. The van der Waals surface area contributed by atoms with Gasteiger partial charge >= 0.3 is 12.1 Å². The molecule has 0 radical (unpaired) electrons. The van der Waals surface area contributed by atoms with Gasteiger partial charge in [-0.25, -0.2) is 9.59 Å². The second-order valence-electron chi connectivity index (χ2n) is 10.5. The summed E-state index contributed by atoms with van der Waals surface area (Å²) in [4.78, 5) is 27.6. The quantitative estimate of drug-likeness (QED) is 0.375. The Hall–Kier alpha value is -3.60. The fraction of sp³-hybridized carbons (Fsp3) is 0.355. The van der Waals surface area contributed by atoms with E-state index in [1.807, 2.05) is 57.2 Å². The first-order valence-corrected chi connectivity index (χ1v) is 12.6. The second-order valence-corrected chi connectivity index (χ2v) is 10.5. The number of amides is 1. The van der Waals surface area contributed by atoms with Crippen LogP contribution in [0.3, 0.4) is 0 Å². The minimum absolute atomic E-state index is 0.145. The van der Waals surface area contributed by atoms with Gasteiger partial charge in [0.25, 0.3) is 0 Å². The van der Waals surface area contributed by atoms with Crippen molar-refractivity contribution in [3.63, 3.8) is 0 Å². The summed E-state index contributed by atoms with van der Waals surface area (Å²) in [6.07, 6.45) is 1.77. The lowest BCUT2D eigenvalue weighted by Gasteiger charge is -2.27. The monoisotopic (exact) mass is 485 g/mol. The van der Waals surface area contributed by atoms with Crippen molar-refractivity contribution in [2.75, 3.05) is 6.54 Å². The standard InChI is InChI=1S/C31H35NO4/c1-31(2,3)36-30(34)32-21-27(20-28(32)29(33)35-22-26-12-8-5-9-13-26)19-25-16-14-24(15-17-25)18-23-10-6-4-7-11-23/h4-17,27-28H,18-22H2,1-3H3/t27-,28+/m0/s1. The Kier molecular flexibility index (Phi) is 8.09. The molecule has 0 unspecified atom stereocenters. The molecule has 0 aliphatic carbocycles. The zero-order valence-electron chi connectivity index (χ0n) is 21.4. The number of hydrogen-bond donors (Lipinski definition) is 0. The molecule has 1 aliphatic rings. The minimum atomic E-state index is -0.647. The van der Waals surface area contributed by atoms with Gasteiger partial charge < -0.3 is 9.47 Å². The summed E-state index contributed by atoms with van der Waals surface area (Å²) < 4.78 is 11.2. The molecule has 188 valence electrons. The van der Waals surface area contributed by atoms with Crippen LogP contribution in [-0.2, 0) is 33.7 Å². The number of hydrogen-bond acceptors (Lipinski definition) is 4. The lowest BCUT2D eigenvalue weighted by atomic mass is 9.95. The highest BCUT2D eigenvalue weighted by molar-refractivity contribution is 5.82. The van der Waals surface area contributed by atoms with Crippen molar-refractivity contribution < 1.29 is 19.1 Å². The number of rotatable bonds is 7. The summed E-state index contributed by atoms with van der Waals surface area (Å²) in [5, 5.41) is 0. The molecule has 1 heterocycles. The van der Waals surface area contributed by atoms with Gasteiger partial charge in [-0.05, 0) is 68.2 Å². The summed E-state index contributed by atoms with van der Waals surface area (Å²) in [6.45, 7) is 6.15. The molecule has 0 saturated carbocycles. The molecular weight excluding hydrogens is 450 g/mol. The average Bonchev–Trinajstić information content (AvgIpc) is 3.28. The second kappa shape index (κ2) is 11.4. The molecule has 1 aliphatic heterocycles. The van der Waals surface area contributed by atoms with Gasteiger partial charge in [0.2, 0.25) is 0 Å². The number of likely N-dealkylation sites (tertiary alicyclic amines) is 1. The first kappa shape index (κ1) is 25.5. The van der Waals surface area contributed by atoms with Gasteiger partial charge in [-0.1, -0.05) is 84.9 Å². The summed E-state index contributed by atoms with van der Waals surface area (Å²) in [6, 6.07) is 28.0. The van der Waals surface area contributed by atoms with Crippen LogP contribution in [0.5, 0.6) is 0 Å². The van der Waals surface area contributed by atoms with E-state index in [0.717, 1.165) is 18.4 Å². The third-order valence-electron chi connectivity index (χ3n) is 6.31. The van der Waals surface area contributed by atoms with E-state index in [-0.39, 0.29) is 18.5 Å². The number of esters is 1. The molecular formula is C31H35NO4. The van der Waals surface area contributed by atoms with Gasteiger partial charge in [-0.2, -0.15) is 0 Å². The minimum Gasteiger partial charge on any atom is -0.459 e. The number of carbonyl (C=O) groups is 2. The van der Waals surface area contributed by atoms with Crippen molar-refractivity contribution in [2.24, 2.45) is 5.92 Å². The lowest BCUT2D eigenvalue weighted by molar-refractivity contribution is -0.150. The Labute approximate surface area is 214 Å². The van der Waals surface area contributed by atoms with Crippen LogP contribution in [-0.4, -0.2) is 35.2 Å². The maximum atomic E-state index is 13.0. The van der Waals surface area contributed by atoms with E-state index in [0.29, 0.717) is 13.0 Å². The fourth-order valence-corrected chi connectivity index (χ4v) is 4.60. The first-order valence-electron chi connectivity index (χ1n) is 12.6. The smallest absolute Gasteiger partial charge is 0.411 e. The predicted molar refractivity (Wildman–Crippen MR) is 140 cm³/mol. The normalized spacial score (nSPS) is 17.6. The van der Waals surface area contributed by atoms with E-state index < -0.39 is 17.7 Å². The number of nitrogens with zero attached hydrogens (tertiary/aromatic N) is 1. The molecule has 36 heavy (non-hydrogen) atoms. The first-order chi connectivity index (χ1) is 17.3. The van der Waals surface area contributed by atoms with Crippen molar-refractivity contribution in [3.8, 4) is 0 Å². The van der Waals surface area contributed by atoms with Gasteiger partial charge in [-0.3, -0.25) is 4.90 Å². The topological polar surface area (TPSA) is 55.8 Å². The molecule has 0 bridgehead atoms. The predicted octanol–water partition coefficient (Wildman–Crippen LogP) is 6.19. The fourth-order valence-electron chi connectivity index (χ4n) is 4.60. The SMILES string of the molecule is CC(C)(C)OC(=O)N1C[C@@H](Cc2ccc(Cc3ccccc3)cc2)C[C@@H]1C(=O)OCc1ccccc1. The Morgan fingerprint density at radius 3 is 1.97 bits per heavy atom. The van der Waals surface area contributed by atoms with E-state index in [1.54, 1.807) is 4.90 Å². The van der Waals surface area contributed by atoms with Crippen LogP contribution >= 0.6 is 0 Å². The van der Waals surface area contributed by atoms with Gasteiger partial charge in [-0.15, -0.1) is 0 Å². The number of carbonyl (C=O) groups excluding carboxylic acids is 2. The molecule has 5 nitrogen and oxygen atoms in total. The van der Waals surface area contributed by atoms with Crippen LogP contribution in [0.15, 0.2) is 84.9 Å². The zero-order chi connectivity index (χ0) is 25.5. The van der Waals surface area contributed by atoms with Crippen LogP contribution in [0.25, 0.3) is 0 Å².